The van der Waals surface area contributed by atoms with Crippen LogP contribution in [0.25, 0.3) is 0 Å². The molecule has 0 bridgehead atoms. The SMILES string of the molecule is CCC1CCCCN1C(=O)CN1CCc2cc(OC)c(OC)cc2C1c1cccs1. The van der Waals surface area contributed by atoms with Gasteiger partial charge < -0.3 is 14.4 Å². The van der Waals surface area contributed by atoms with Crippen LogP contribution in [0.3, 0.4) is 0 Å². The zero-order valence-corrected chi connectivity index (χ0v) is 19.0. The fraction of sp³-hybridized carbons (Fsp3) is 0.542. The van der Waals surface area contributed by atoms with E-state index in [9.17, 15) is 4.79 Å². The normalized spacial score (nSPS) is 21.9. The van der Waals surface area contributed by atoms with Crippen molar-refractivity contribution in [3.8, 4) is 11.5 Å². The Labute approximate surface area is 183 Å². The van der Waals surface area contributed by atoms with Gasteiger partial charge in [-0.2, -0.15) is 0 Å². The van der Waals surface area contributed by atoms with E-state index in [1.54, 1.807) is 25.6 Å². The third-order valence-corrected chi connectivity index (χ3v) is 7.47. The van der Waals surface area contributed by atoms with Crippen molar-refractivity contribution in [1.29, 1.82) is 0 Å². The quantitative estimate of drug-likeness (QED) is 0.679. The first-order valence-electron chi connectivity index (χ1n) is 11.0. The molecule has 1 aromatic carbocycles. The lowest BCUT2D eigenvalue weighted by Crippen LogP contribution is -2.49. The molecule has 162 valence electrons. The molecule has 2 aromatic rings. The fourth-order valence-corrected chi connectivity index (χ4v) is 5.84. The number of carbonyl (C=O) groups is 1. The van der Waals surface area contributed by atoms with Crippen LogP contribution in [-0.4, -0.2) is 55.6 Å². The average Bonchev–Trinajstić information content (AvgIpc) is 3.32. The Morgan fingerprint density at radius 2 is 1.97 bits per heavy atom. The Morgan fingerprint density at radius 1 is 1.17 bits per heavy atom. The summed E-state index contributed by atoms with van der Waals surface area (Å²) in [6, 6.07) is 8.94. The van der Waals surface area contributed by atoms with Crippen LogP contribution in [0, 0.1) is 0 Å². The molecule has 0 spiro atoms. The Hall–Kier alpha value is -2.05. The second-order valence-electron chi connectivity index (χ2n) is 8.19. The maximum atomic E-state index is 13.3. The van der Waals surface area contributed by atoms with Gasteiger partial charge in [0, 0.05) is 24.0 Å². The highest BCUT2D eigenvalue weighted by molar-refractivity contribution is 7.10. The minimum Gasteiger partial charge on any atom is -0.493 e. The van der Waals surface area contributed by atoms with Crippen LogP contribution < -0.4 is 9.47 Å². The second-order valence-corrected chi connectivity index (χ2v) is 9.17. The van der Waals surface area contributed by atoms with E-state index in [0.717, 1.165) is 50.3 Å². The summed E-state index contributed by atoms with van der Waals surface area (Å²) in [6.07, 6.45) is 5.44. The lowest BCUT2D eigenvalue weighted by Gasteiger charge is -2.40. The van der Waals surface area contributed by atoms with Gasteiger partial charge in [-0.05, 0) is 66.8 Å². The van der Waals surface area contributed by atoms with Crippen LogP contribution in [-0.2, 0) is 11.2 Å². The summed E-state index contributed by atoms with van der Waals surface area (Å²) >= 11 is 1.75. The summed E-state index contributed by atoms with van der Waals surface area (Å²) in [6.45, 7) is 4.42. The Kier molecular flexibility index (Phi) is 6.64. The van der Waals surface area contributed by atoms with Crippen LogP contribution in [0.1, 0.15) is 54.7 Å². The van der Waals surface area contributed by atoms with Gasteiger partial charge in [-0.25, -0.2) is 0 Å². The van der Waals surface area contributed by atoms with Crippen LogP contribution in [0.4, 0.5) is 0 Å². The van der Waals surface area contributed by atoms with E-state index in [1.807, 2.05) is 0 Å². The van der Waals surface area contributed by atoms with Gasteiger partial charge in [0.15, 0.2) is 11.5 Å². The zero-order valence-electron chi connectivity index (χ0n) is 18.2. The molecule has 5 nitrogen and oxygen atoms in total. The highest BCUT2D eigenvalue weighted by Gasteiger charge is 2.34. The molecule has 1 fully saturated rings. The molecule has 0 saturated carbocycles. The molecule has 6 heteroatoms. The van der Waals surface area contributed by atoms with Crippen LogP contribution in [0.15, 0.2) is 29.6 Å². The fourth-order valence-electron chi connectivity index (χ4n) is 4.97. The van der Waals surface area contributed by atoms with E-state index in [0.29, 0.717) is 12.6 Å². The minimum absolute atomic E-state index is 0.0716. The Bertz CT molecular complexity index is 868. The van der Waals surface area contributed by atoms with Gasteiger partial charge in [0.2, 0.25) is 5.91 Å². The number of fused-ring (bicyclic) bond motifs is 1. The molecule has 1 saturated heterocycles. The van der Waals surface area contributed by atoms with Crippen LogP contribution in [0.5, 0.6) is 11.5 Å². The predicted molar refractivity (Wildman–Crippen MR) is 121 cm³/mol. The number of ether oxygens (including phenoxy) is 2. The van der Waals surface area contributed by atoms with Gasteiger partial charge in [-0.3, -0.25) is 9.69 Å². The number of benzene rings is 1. The van der Waals surface area contributed by atoms with Crippen molar-refractivity contribution in [3.05, 3.63) is 45.6 Å². The summed E-state index contributed by atoms with van der Waals surface area (Å²) in [4.78, 5) is 19.1. The van der Waals surface area contributed by atoms with E-state index in [4.69, 9.17) is 9.47 Å². The van der Waals surface area contributed by atoms with E-state index < -0.39 is 0 Å². The van der Waals surface area contributed by atoms with Crippen molar-refractivity contribution in [2.75, 3.05) is 33.9 Å². The third-order valence-electron chi connectivity index (χ3n) is 6.54. The first-order valence-corrected chi connectivity index (χ1v) is 11.9. The number of methoxy groups -OCH3 is 2. The molecule has 1 amide bonds. The molecule has 4 rings (SSSR count). The monoisotopic (exact) mass is 428 g/mol. The summed E-state index contributed by atoms with van der Waals surface area (Å²) in [5.41, 5.74) is 2.50. The molecule has 1 aromatic heterocycles. The topological polar surface area (TPSA) is 42.0 Å². The first-order chi connectivity index (χ1) is 14.7. The number of nitrogens with zero attached hydrogens (tertiary/aromatic N) is 2. The third kappa shape index (κ3) is 4.08. The molecule has 2 atom stereocenters. The minimum atomic E-state index is 0.0716. The number of piperidine rings is 1. The van der Waals surface area contributed by atoms with Gasteiger partial charge in [0.25, 0.3) is 0 Å². The zero-order chi connectivity index (χ0) is 21.1. The summed E-state index contributed by atoms with van der Waals surface area (Å²) in [7, 11) is 3.35. The number of rotatable bonds is 6. The second kappa shape index (κ2) is 9.40. The molecule has 3 heterocycles. The van der Waals surface area contributed by atoms with Crippen molar-refractivity contribution in [2.24, 2.45) is 0 Å². The lowest BCUT2D eigenvalue weighted by molar-refractivity contribution is -0.136. The number of hydrogen-bond acceptors (Lipinski definition) is 5. The summed E-state index contributed by atoms with van der Waals surface area (Å²) in [5.74, 6) is 1.78. The number of thiophene rings is 1. The van der Waals surface area contributed by atoms with Gasteiger partial charge in [-0.15, -0.1) is 11.3 Å². The van der Waals surface area contributed by atoms with Crippen molar-refractivity contribution < 1.29 is 14.3 Å². The number of hydrogen-bond donors (Lipinski definition) is 0. The molecular weight excluding hydrogens is 396 g/mol. The van der Waals surface area contributed by atoms with Crippen LogP contribution >= 0.6 is 11.3 Å². The maximum absolute atomic E-state index is 13.3. The first kappa shape index (κ1) is 21.2. The van der Waals surface area contributed by atoms with E-state index in [-0.39, 0.29) is 11.9 Å². The summed E-state index contributed by atoms with van der Waals surface area (Å²) in [5, 5.41) is 2.11. The van der Waals surface area contributed by atoms with Crippen molar-refractivity contribution in [3.63, 3.8) is 0 Å². The van der Waals surface area contributed by atoms with E-state index in [1.165, 1.54) is 22.4 Å². The highest BCUT2D eigenvalue weighted by Crippen LogP contribution is 2.42. The summed E-state index contributed by atoms with van der Waals surface area (Å²) < 4.78 is 11.1. The molecule has 0 aliphatic carbocycles. The van der Waals surface area contributed by atoms with Gasteiger partial charge in [-0.1, -0.05) is 13.0 Å². The van der Waals surface area contributed by atoms with Gasteiger partial charge >= 0.3 is 0 Å². The maximum Gasteiger partial charge on any atom is 0.237 e. The standard InChI is InChI=1S/C24H32N2O3S/c1-4-18-8-5-6-11-26(18)23(27)16-25-12-10-17-14-20(28-2)21(29-3)15-19(17)24(25)22-9-7-13-30-22/h7,9,13-15,18,24H,4-6,8,10-12,16H2,1-3H3. The lowest BCUT2D eigenvalue weighted by atomic mass is 9.90. The van der Waals surface area contributed by atoms with Crippen LogP contribution in [0.2, 0.25) is 0 Å². The van der Waals surface area contributed by atoms with Gasteiger partial charge in [0.1, 0.15) is 0 Å². The smallest absolute Gasteiger partial charge is 0.237 e. The highest BCUT2D eigenvalue weighted by atomic mass is 32.1. The molecule has 0 N–H and O–H groups in total. The van der Waals surface area contributed by atoms with E-state index in [2.05, 4.69) is 46.4 Å². The number of likely N-dealkylation sites (tertiary alicyclic amines) is 1. The molecule has 0 radical (unpaired) electrons. The van der Waals surface area contributed by atoms with E-state index >= 15 is 0 Å². The Balaban J connectivity index is 1.65. The van der Waals surface area contributed by atoms with Crippen molar-refractivity contribution >= 4 is 17.2 Å². The molecular formula is C24H32N2O3S. The molecule has 30 heavy (non-hydrogen) atoms. The molecule has 2 unspecified atom stereocenters. The van der Waals surface area contributed by atoms with Crippen molar-refractivity contribution in [2.45, 2.75) is 51.1 Å². The molecule has 2 aliphatic heterocycles. The largest absolute Gasteiger partial charge is 0.493 e. The molecule has 2 aliphatic rings. The number of carbonyl (C=O) groups excluding carboxylic acids is 1. The Morgan fingerprint density at radius 3 is 2.67 bits per heavy atom. The van der Waals surface area contributed by atoms with Crippen molar-refractivity contribution in [1.82, 2.24) is 9.80 Å². The average molecular weight is 429 g/mol. The number of amides is 1. The predicted octanol–water partition coefficient (Wildman–Crippen LogP) is 4.50. The van der Waals surface area contributed by atoms with Gasteiger partial charge in [0.05, 0.1) is 26.8 Å².